The average Bonchev–Trinajstić information content (AvgIpc) is 2.90. The average molecular weight is 499 g/mol. The number of carbonyl (C=O) groups is 2. The molecule has 0 unspecified atom stereocenters. The van der Waals surface area contributed by atoms with E-state index in [9.17, 15) is 9.59 Å². The van der Waals surface area contributed by atoms with Crippen LogP contribution in [0.3, 0.4) is 0 Å². The van der Waals surface area contributed by atoms with Crippen LogP contribution in [0.25, 0.3) is 0 Å². The maximum atomic E-state index is 13.8. The zero-order valence-corrected chi connectivity index (χ0v) is 22.0. The van der Waals surface area contributed by atoms with Crippen molar-refractivity contribution in [1.82, 2.24) is 10.2 Å². The van der Waals surface area contributed by atoms with Crippen LogP contribution in [0.15, 0.2) is 78.9 Å². The fourth-order valence-corrected chi connectivity index (χ4v) is 5.04. The van der Waals surface area contributed by atoms with Gasteiger partial charge < -0.3 is 15.0 Å². The molecule has 1 saturated carbocycles. The Morgan fingerprint density at radius 1 is 0.865 bits per heavy atom. The largest absolute Gasteiger partial charge is 0.484 e. The van der Waals surface area contributed by atoms with Crippen molar-refractivity contribution in [2.75, 3.05) is 6.61 Å². The van der Waals surface area contributed by atoms with E-state index in [1.807, 2.05) is 86.6 Å². The quantitative estimate of drug-likeness (QED) is 0.386. The molecular formula is C32H38N2O3. The summed E-state index contributed by atoms with van der Waals surface area (Å²) in [6, 6.07) is 25.2. The lowest BCUT2D eigenvalue weighted by atomic mass is 9.94. The van der Waals surface area contributed by atoms with Gasteiger partial charge in [-0.1, -0.05) is 91.6 Å². The van der Waals surface area contributed by atoms with E-state index < -0.39 is 6.04 Å². The van der Waals surface area contributed by atoms with Gasteiger partial charge in [0.05, 0.1) is 0 Å². The van der Waals surface area contributed by atoms with Gasteiger partial charge in [0.2, 0.25) is 5.91 Å². The third-order valence-electron chi connectivity index (χ3n) is 7.01. The molecule has 37 heavy (non-hydrogen) atoms. The van der Waals surface area contributed by atoms with E-state index in [1.165, 1.54) is 6.42 Å². The van der Waals surface area contributed by atoms with Gasteiger partial charge in [-0.2, -0.15) is 0 Å². The summed E-state index contributed by atoms with van der Waals surface area (Å²) in [6.45, 7) is 4.24. The fraction of sp³-hybridized carbons (Fsp3) is 0.375. The van der Waals surface area contributed by atoms with E-state index in [4.69, 9.17) is 4.74 Å². The first-order chi connectivity index (χ1) is 18.0. The van der Waals surface area contributed by atoms with Crippen molar-refractivity contribution >= 4 is 11.8 Å². The van der Waals surface area contributed by atoms with Gasteiger partial charge >= 0.3 is 0 Å². The molecule has 0 heterocycles. The number of carbonyl (C=O) groups excluding carboxylic acids is 2. The molecule has 5 heteroatoms. The minimum Gasteiger partial charge on any atom is -0.484 e. The first kappa shape index (κ1) is 26.5. The first-order valence-corrected chi connectivity index (χ1v) is 13.4. The zero-order valence-electron chi connectivity index (χ0n) is 22.0. The maximum absolute atomic E-state index is 13.8. The molecular weight excluding hydrogens is 460 g/mol. The molecule has 1 aliphatic rings. The Balaban J connectivity index is 1.61. The van der Waals surface area contributed by atoms with Gasteiger partial charge in [0.25, 0.3) is 5.91 Å². The van der Waals surface area contributed by atoms with Crippen LogP contribution < -0.4 is 10.1 Å². The number of rotatable bonds is 10. The lowest BCUT2D eigenvalue weighted by molar-refractivity contribution is -0.143. The third-order valence-corrected chi connectivity index (χ3v) is 7.01. The highest BCUT2D eigenvalue weighted by molar-refractivity contribution is 5.88. The van der Waals surface area contributed by atoms with Crippen molar-refractivity contribution in [1.29, 1.82) is 0 Å². The molecule has 1 atom stereocenters. The number of amides is 2. The van der Waals surface area contributed by atoms with Crippen molar-refractivity contribution in [2.45, 2.75) is 71.0 Å². The normalized spacial score (nSPS) is 14.5. The molecule has 5 nitrogen and oxygen atoms in total. The van der Waals surface area contributed by atoms with Crippen LogP contribution in [0.1, 0.15) is 54.4 Å². The van der Waals surface area contributed by atoms with Gasteiger partial charge in [0.1, 0.15) is 11.8 Å². The van der Waals surface area contributed by atoms with E-state index in [1.54, 1.807) is 4.90 Å². The molecule has 2 amide bonds. The van der Waals surface area contributed by atoms with Crippen LogP contribution >= 0.6 is 0 Å². The van der Waals surface area contributed by atoms with Gasteiger partial charge in [-0.05, 0) is 55.5 Å². The van der Waals surface area contributed by atoms with E-state index in [2.05, 4.69) is 11.4 Å². The van der Waals surface area contributed by atoms with Crippen molar-refractivity contribution in [3.05, 3.63) is 101 Å². The summed E-state index contributed by atoms with van der Waals surface area (Å²) in [6.07, 6.45) is 5.91. The van der Waals surface area contributed by atoms with Gasteiger partial charge in [0.15, 0.2) is 6.61 Å². The summed E-state index contributed by atoms with van der Waals surface area (Å²) in [5.41, 5.74) is 4.20. The van der Waals surface area contributed by atoms with Crippen molar-refractivity contribution < 1.29 is 14.3 Å². The molecule has 1 aliphatic carbocycles. The summed E-state index contributed by atoms with van der Waals surface area (Å²) in [4.78, 5) is 29.2. The Morgan fingerprint density at radius 3 is 2.24 bits per heavy atom. The Kier molecular flexibility index (Phi) is 9.36. The van der Waals surface area contributed by atoms with E-state index >= 15 is 0 Å². The molecule has 194 valence electrons. The van der Waals surface area contributed by atoms with Crippen LogP contribution in [0.2, 0.25) is 0 Å². The second-order valence-corrected chi connectivity index (χ2v) is 10.2. The van der Waals surface area contributed by atoms with Gasteiger partial charge in [0, 0.05) is 19.0 Å². The highest BCUT2D eigenvalue weighted by atomic mass is 16.5. The molecule has 4 rings (SSSR count). The van der Waals surface area contributed by atoms with Gasteiger partial charge in [-0.3, -0.25) is 9.59 Å². The third kappa shape index (κ3) is 7.94. The summed E-state index contributed by atoms with van der Waals surface area (Å²) in [5, 5.41) is 3.28. The number of aryl methyl sites for hydroxylation is 2. The van der Waals surface area contributed by atoms with E-state index in [0.717, 1.165) is 47.9 Å². The fourth-order valence-electron chi connectivity index (χ4n) is 5.04. The highest BCUT2D eigenvalue weighted by Crippen LogP contribution is 2.20. The molecule has 0 bridgehead atoms. The number of nitrogens with one attached hydrogen (secondary N) is 1. The molecule has 0 saturated heterocycles. The van der Waals surface area contributed by atoms with Crippen LogP contribution in [0.4, 0.5) is 0 Å². The SMILES string of the molecule is Cc1cccc(CN(C(=O)COc2cccc(C)c2)[C@@H](Cc2ccccc2)C(=O)NC2CCCCC2)c1. The topological polar surface area (TPSA) is 58.6 Å². The van der Waals surface area contributed by atoms with E-state index in [0.29, 0.717) is 18.7 Å². The summed E-state index contributed by atoms with van der Waals surface area (Å²) < 4.78 is 5.90. The number of benzene rings is 3. The standard InChI is InChI=1S/C32H38N2O3/c1-24-11-9-15-27(19-24)22-34(31(35)23-37-29-18-10-12-25(2)20-29)30(21-26-13-5-3-6-14-26)32(36)33-28-16-7-4-8-17-28/h3,5-6,9-15,18-20,28,30H,4,7-8,16-17,21-23H2,1-2H3,(H,33,36)/t30-/m0/s1. The Bertz CT molecular complexity index is 1170. The molecule has 3 aromatic rings. The molecule has 3 aromatic carbocycles. The lowest BCUT2D eigenvalue weighted by Crippen LogP contribution is -2.53. The number of hydrogen-bond donors (Lipinski definition) is 1. The second kappa shape index (κ2) is 13.1. The zero-order chi connectivity index (χ0) is 26.0. The summed E-state index contributed by atoms with van der Waals surface area (Å²) >= 11 is 0. The lowest BCUT2D eigenvalue weighted by Gasteiger charge is -2.33. The van der Waals surface area contributed by atoms with Crippen molar-refractivity contribution in [3.8, 4) is 5.75 Å². The Labute approximate surface area is 220 Å². The number of nitrogens with zero attached hydrogens (tertiary/aromatic N) is 1. The molecule has 1 fully saturated rings. The van der Waals surface area contributed by atoms with Gasteiger partial charge in [-0.15, -0.1) is 0 Å². The van der Waals surface area contributed by atoms with Crippen molar-refractivity contribution in [3.63, 3.8) is 0 Å². The van der Waals surface area contributed by atoms with Crippen LogP contribution in [0.5, 0.6) is 5.75 Å². The molecule has 0 aromatic heterocycles. The molecule has 0 spiro atoms. The molecule has 0 radical (unpaired) electrons. The van der Waals surface area contributed by atoms with Crippen molar-refractivity contribution in [2.24, 2.45) is 0 Å². The number of hydrogen-bond acceptors (Lipinski definition) is 3. The Hall–Kier alpha value is -3.60. The first-order valence-electron chi connectivity index (χ1n) is 13.4. The minimum absolute atomic E-state index is 0.0905. The second-order valence-electron chi connectivity index (χ2n) is 10.2. The van der Waals surface area contributed by atoms with Crippen LogP contribution in [0, 0.1) is 13.8 Å². The number of ether oxygens (including phenoxy) is 1. The predicted molar refractivity (Wildman–Crippen MR) is 147 cm³/mol. The minimum atomic E-state index is -0.640. The van der Waals surface area contributed by atoms with E-state index in [-0.39, 0.29) is 24.5 Å². The van der Waals surface area contributed by atoms with Crippen LogP contribution in [-0.4, -0.2) is 35.4 Å². The smallest absolute Gasteiger partial charge is 0.261 e. The Morgan fingerprint density at radius 2 is 1.54 bits per heavy atom. The highest BCUT2D eigenvalue weighted by Gasteiger charge is 2.32. The van der Waals surface area contributed by atoms with Gasteiger partial charge in [-0.25, -0.2) is 0 Å². The molecule has 0 aliphatic heterocycles. The monoisotopic (exact) mass is 498 g/mol. The predicted octanol–water partition coefficient (Wildman–Crippen LogP) is 5.77. The molecule has 1 N–H and O–H groups in total. The van der Waals surface area contributed by atoms with Crippen LogP contribution in [-0.2, 0) is 22.6 Å². The summed E-state index contributed by atoms with van der Waals surface area (Å²) in [5.74, 6) is 0.352. The summed E-state index contributed by atoms with van der Waals surface area (Å²) in [7, 11) is 0. The maximum Gasteiger partial charge on any atom is 0.261 e.